The third kappa shape index (κ3) is 9.66. The second-order valence-electron chi connectivity index (χ2n) is 2.82. The van der Waals surface area contributed by atoms with Crippen molar-refractivity contribution in [3.05, 3.63) is 12.2 Å². The number of ether oxygens (including phenoxy) is 1. The van der Waals surface area contributed by atoms with Gasteiger partial charge in [-0.1, -0.05) is 5.57 Å². The summed E-state index contributed by atoms with van der Waals surface area (Å²) in [6.07, 6.45) is 3.11. The quantitative estimate of drug-likeness (QED) is 0.451. The van der Waals surface area contributed by atoms with Crippen molar-refractivity contribution in [2.24, 2.45) is 5.73 Å². The molecule has 2 heteroatoms. The summed E-state index contributed by atoms with van der Waals surface area (Å²) >= 11 is 0. The number of nitrogens with two attached hydrogens (primary N) is 1. The van der Waals surface area contributed by atoms with E-state index in [0.29, 0.717) is 0 Å². The van der Waals surface area contributed by atoms with Crippen molar-refractivity contribution in [3.8, 4) is 0 Å². The summed E-state index contributed by atoms with van der Waals surface area (Å²) < 4.78 is 5.33. The van der Waals surface area contributed by atoms with Crippen molar-refractivity contribution in [2.45, 2.75) is 26.2 Å². The number of unbranched alkanes of at least 4 members (excludes halogenated alkanes) is 1. The highest BCUT2D eigenvalue weighted by molar-refractivity contribution is 4.86. The lowest BCUT2D eigenvalue weighted by Gasteiger charge is -2.02. The maximum Gasteiger partial charge on any atom is 0.0502 e. The van der Waals surface area contributed by atoms with Crippen LogP contribution in [0.2, 0.25) is 0 Å². The summed E-state index contributed by atoms with van der Waals surface area (Å²) in [6.45, 7) is 8.22. The number of rotatable bonds is 7. The van der Waals surface area contributed by atoms with E-state index in [1.165, 1.54) is 5.57 Å². The van der Waals surface area contributed by atoms with Crippen LogP contribution in [0.1, 0.15) is 26.2 Å². The second-order valence-corrected chi connectivity index (χ2v) is 2.82. The van der Waals surface area contributed by atoms with Gasteiger partial charge in [0.05, 0.1) is 6.61 Å². The Kier molecular flexibility index (Phi) is 7.52. The van der Waals surface area contributed by atoms with Gasteiger partial charge in [0, 0.05) is 6.61 Å². The molecule has 0 saturated heterocycles. The zero-order chi connectivity index (χ0) is 8.53. The molecule has 0 aromatic carbocycles. The molecule has 0 spiro atoms. The molecule has 0 radical (unpaired) electrons. The molecule has 0 bridgehead atoms. The van der Waals surface area contributed by atoms with Crippen molar-refractivity contribution < 1.29 is 4.74 Å². The first-order valence-electron chi connectivity index (χ1n) is 4.19. The van der Waals surface area contributed by atoms with Crippen LogP contribution in [0.5, 0.6) is 0 Å². The lowest BCUT2D eigenvalue weighted by atomic mass is 10.3. The molecular formula is C9H19NO. The molecule has 0 aromatic rings. The average Bonchev–Trinajstić information content (AvgIpc) is 1.96. The van der Waals surface area contributed by atoms with E-state index in [0.717, 1.165) is 39.0 Å². The Morgan fingerprint density at radius 1 is 1.36 bits per heavy atom. The van der Waals surface area contributed by atoms with Gasteiger partial charge in [-0.05, 0) is 32.7 Å². The first-order valence-corrected chi connectivity index (χ1v) is 4.19. The summed E-state index contributed by atoms with van der Waals surface area (Å²) in [5.74, 6) is 0. The molecule has 0 aliphatic carbocycles. The molecule has 0 rings (SSSR count). The van der Waals surface area contributed by atoms with Crippen LogP contribution >= 0.6 is 0 Å². The smallest absolute Gasteiger partial charge is 0.0502 e. The van der Waals surface area contributed by atoms with Gasteiger partial charge in [-0.15, -0.1) is 6.58 Å². The minimum Gasteiger partial charge on any atom is -0.381 e. The second kappa shape index (κ2) is 7.76. The molecule has 2 N–H and O–H groups in total. The Morgan fingerprint density at radius 2 is 2.09 bits per heavy atom. The molecule has 0 saturated carbocycles. The largest absolute Gasteiger partial charge is 0.381 e. The highest BCUT2D eigenvalue weighted by Crippen LogP contribution is 1.96. The van der Waals surface area contributed by atoms with E-state index in [9.17, 15) is 0 Å². The highest BCUT2D eigenvalue weighted by Gasteiger charge is 1.88. The van der Waals surface area contributed by atoms with E-state index in [1.807, 2.05) is 6.92 Å². The molecule has 0 atom stereocenters. The Balaban J connectivity index is 2.85. The fourth-order valence-electron chi connectivity index (χ4n) is 0.697. The topological polar surface area (TPSA) is 35.2 Å². The van der Waals surface area contributed by atoms with Crippen molar-refractivity contribution in [1.29, 1.82) is 0 Å². The minimum atomic E-state index is 0.768. The van der Waals surface area contributed by atoms with Crippen molar-refractivity contribution in [3.63, 3.8) is 0 Å². The summed E-state index contributed by atoms with van der Waals surface area (Å²) in [4.78, 5) is 0. The number of hydrogen-bond acceptors (Lipinski definition) is 2. The molecule has 0 fully saturated rings. The fourth-order valence-corrected chi connectivity index (χ4v) is 0.697. The van der Waals surface area contributed by atoms with Crippen molar-refractivity contribution >= 4 is 0 Å². The van der Waals surface area contributed by atoms with E-state index >= 15 is 0 Å². The third-order valence-electron chi connectivity index (χ3n) is 1.42. The predicted molar refractivity (Wildman–Crippen MR) is 48.5 cm³/mol. The van der Waals surface area contributed by atoms with Crippen LogP contribution in [0, 0.1) is 0 Å². The maximum atomic E-state index is 5.33. The van der Waals surface area contributed by atoms with Gasteiger partial charge in [0.1, 0.15) is 0 Å². The van der Waals surface area contributed by atoms with Crippen LogP contribution in [0.15, 0.2) is 12.2 Å². The molecule has 0 aliphatic heterocycles. The lowest BCUT2D eigenvalue weighted by molar-refractivity contribution is 0.134. The van der Waals surface area contributed by atoms with Gasteiger partial charge in [-0.3, -0.25) is 0 Å². The van der Waals surface area contributed by atoms with Gasteiger partial charge < -0.3 is 10.5 Å². The Morgan fingerprint density at radius 3 is 2.64 bits per heavy atom. The van der Waals surface area contributed by atoms with Gasteiger partial charge >= 0.3 is 0 Å². The molecule has 0 unspecified atom stereocenters. The zero-order valence-electron chi connectivity index (χ0n) is 7.44. The third-order valence-corrected chi connectivity index (χ3v) is 1.42. The Hall–Kier alpha value is -0.340. The summed E-state index contributed by atoms with van der Waals surface area (Å²) in [5, 5.41) is 0. The summed E-state index contributed by atoms with van der Waals surface area (Å²) in [5.41, 5.74) is 6.51. The standard InChI is InChI=1S/C9H19NO/c1-9(2)5-8-11-7-4-3-6-10/h1,3-8,10H2,2H3. The van der Waals surface area contributed by atoms with Gasteiger partial charge in [0.25, 0.3) is 0 Å². The van der Waals surface area contributed by atoms with Crippen LogP contribution < -0.4 is 5.73 Å². The maximum absolute atomic E-state index is 5.33. The minimum absolute atomic E-state index is 0.768. The van der Waals surface area contributed by atoms with Crippen molar-refractivity contribution in [1.82, 2.24) is 0 Å². The van der Waals surface area contributed by atoms with E-state index in [-0.39, 0.29) is 0 Å². The normalized spacial score (nSPS) is 10.0. The average molecular weight is 157 g/mol. The van der Waals surface area contributed by atoms with Crippen molar-refractivity contribution in [2.75, 3.05) is 19.8 Å². The monoisotopic (exact) mass is 157 g/mol. The first kappa shape index (κ1) is 10.7. The Bertz CT molecular complexity index is 102. The summed E-state index contributed by atoms with van der Waals surface area (Å²) in [6, 6.07) is 0. The van der Waals surface area contributed by atoms with Crippen LogP contribution in [0.4, 0.5) is 0 Å². The van der Waals surface area contributed by atoms with E-state index in [4.69, 9.17) is 10.5 Å². The predicted octanol–water partition coefficient (Wildman–Crippen LogP) is 1.71. The van der Waals surface area contributed by atoms with Gasteiger partial charge in [0.2, 0.25) is 0 Å². The highest BCUT2D eigenvalue weighted by atomic mass is 16.5. The van der Waals surface area contributed by atoms with E-state index in [1.54, 1.807) is 0 Å². The summed E-state index contributed by atoms with van der Waals surface area (Å²) in [7, 11) is 0. The molecule has 2 nitrogen and oxygen atoms in total. The number of hydrogen-bond donors (Lipinski definition) is 1. The SMILES string of the molecule is C=C(C)CCOCCCCN. The molecule has 0 amide bonds. The molecule has 0 aromatic heterocycles. The Labute approximate surface area is 69.4 Å². The van der Waals surface area contributed by atoms with Gasteiger partial charge in [-0.25, -0.2) is 0 Å². The lowest BCUT2D eigenvalue weighted by Crippen LogP contribution is -2.02. The molecule has 0 aliphatic rings. The molecule has 0 heterocycles. The first-order chi connectivity index (χ1) is 5.27. The van der Waals surface area contributed by atoms with Crippen LogP contribution in [0.3, 0.4) is 0 Å². The molecule has 66 valence electrons. The zero-order valence-corrected chi connectivity index (χ0v) is 7.44. The van der Waals surface area contributed by atoms with Crippen LogP contribution in [-0.4, -0.2) is 19.8 Å². The molecule has 11 heavy (non-hydrogen) atoms. The van der Waals surface area contributed by atoms with Crippen LogP contribution in [0.25, 0.3) is 0 Å². The van der Waals surface area contributed by atoms with Gasteiger partial charge in [0.15, 0.2) is 0 Å². The van der Waals surface area contributed by atoms with Crippen LogP contribution in [-0.2, 0) is 4.74 Å². The molecular weight excluding hydrogens is 138 g/mol. The fraction of sp³-hybridized carbons (Fsp3) is 0.778. The van der Waals surface area contributed by atoms with E-state index < -0.39 is 0 Å². The van der Waals surface area contributed by atoms with Gasteiger partial charge in [-0.2, -0.15) is 0 Å². The van der Waals surface area contributed by atoms with E-state index in [2.05, 4.69) is 6.58 Å².